The fourth-order valence-electron chi connectivity index (χ4n) is 4.54. The average Bonchev–Trinajstić information content (AvgIpc) is 3.11. The highest BCUT2D eigenvalue weighted by molar-refractivity contribution is 6.29. The molecule has 0 aromatic carbocycles. The van der Waals surface area contributed by atoms with Gasteiger partial charge < -0.3 is 37.6 Å². The van der Waals surface area contributed by atoms with Gasteiger partial charge in [0.15, 0.2) is 0 Å². The van der Waals surface area contributed by atoms with Crippen molar-refractivity contribution in [2.75, 3.05) is 13.1 Å². The molecular weight excluding hydrogens is 414 g/mol. The number of hydrogen-bond donors (Lipinski definition) is 6. The molecule has 0 aromatic rings. The van der Waals surface area contributed by atoms with E-state index in [1.165, 1.54) is 28.1 Å². The Balaban J connectivity index is 1.40. The molecule has 0 aromatic heterocycles. The maximum absolute atomic E-state index is 12.7. The van der Waals surface area contributed by atoms with Crippen molar-refractivity contribution in [3.63, 3.8) is 0 Å². The van der Waals surface area contributed by atoms with Crippen LogP contribution in [-0.2, 0) is 4.79 Å². The van der Waals surface area contributed by atoms with Crippen molar-refractivity contribution in [3.05, 3.63) is 57.3 Å². The van der Waals surface area contributed by atoms with Gasteiger partial charge in [-0.25, -0.2) is 0 Å². The summed E-state index contributed by atoms with van der Waals surface area (Å²) in [6.07, 6.45) is 10.5. The van der Waals surface area contributed by atoms with Gasteiger partial charge in [0.25, 0.3) is 0 Å². The van der Waals surface area contributed by atoms with E-state index in [1.54, 1.807) is 0 Å². The zero-order chi connectivity index (χ0) is 22.1. The van der Waals surface area contributed by atoms with Gasteiger partial charge in [-0.3, -0.25) is 4.79 Å². The second kappa shape index (κ2) is 8.88. The molecule has 4 aliphatic rings. The Morgan fingerprint density at radius 2 is 1.97 bits per heavy atom. The average molecular weight is 446 g/mol. The molecule has 168 valence electrons. The molecule has 0 saturated heterocycles. The highest BCUT2D eigenvalue weighted by atomic mass is 35.5. The molecular formula is C22H32ClN7O. The summed E-state index contributed by atoms with van der Waals surface area (Å²) in [4.78, 5) is 15.0. The van der Waals surface area contributed by atoms with Gasteiger partial charge in [0.1, 0.15) is 29.4 Å². The monoisotopic (exact) mass is 445 g/mol. The molecule has 2 aliphatic carbocycles. The van der Waals surface area contributed by atoms with E-state index in [-0.39, 0.29) is 23.1 Å². The SMILES string of the molecule is CCN1C2=C(CCC(C3=CC=C(C)CC3)=C2)NC1CNC(=O)C1NC(Cl)=C(N)NC1N. The molecule has 31 heavy (non-hydrogen) atoms. The minimum Gasteiger partial charge on any atom is -0.383 e. The minimum absolute atomic E-state index is 0.000818. The van der Waals surface area contributed by atoms with Crippen LogP contribution in [0.1, 0.15) is 39.5 Å². The summed E-state index contributed by atoms with van der Waals surface area (Å²) in [5, 5.41) is 12.5. The van der Waals surface area contributed by atoms with Crippen LogP contribution in [0.15, 0.2) is 57.3 Å². The third kappa shape index (κ3) is 4.41. The first-order chi connectivity index (χ1) is 14.9. The van der Waals surface area contributed by atoms with Crippen LogP contribution >= 0.6 is 11.6 Å². The summed E-state index contributed by atoms with van der Waals surface area (Å²) in [7, 11) is 0. The van der Waals surface area contributed by atoms with Crippen molar-refractivity contribution >= 4 is 17.5 Å². The van der Waals surface area contributed by atoms with Gasteiger partial charge in [-0.15, -0.1) is 0 Å². The lowest BCUT2D eigenvalue weighted by molar-refractivity contribution is -0.123. The van der Waals surface area contributed by atoms with E-state index in [9.17, 15) is 4.79 Å². The lowest BCUT2D eigenvalue weighted by Gasteiger charge is -2.32. The van der Waals surface area contributed by atoms with Crippen LogP contribution in [0.2, 0.25) is 0 Å². The number of carbonyl (C=O) groups is 1. The third-order valence-corrected chi connectivity index (χ3v) is 6.67. The topological polar surface area (TPSA) is 120 Å². The van der Waals surface area contributed by atoms with E-state index in [0.717, 1.165) is 32.2 Å². The third-order valence-electron chi connectivity index (χ3n) is 6.35. The predicted molar refractivity (Wildman–Crippen MR) is 123 cm³/mol. The number of rotatable bonds is 5. The standard InChI is InChI=1S/C22H32ClN7O/c1-3-30-16-10-14(13-6-4-12(2)5-7-13)8-9-15(16)27-17(30)11-26-22(31)18-20(24)29-21(25)19(23)28-18/h4,6,10,17-18,20,27-29H,3,5,7-9,11,24-25H2,1-2H3,(H,26,31). The van der Waals surface area contributed by atoms with Crippen LogP contribution in [-0.4, -0.2) is 42.3 Å². The van der Waals surface area contributed by atoms with Crippen LogP contribution in [0.5, 0.6) is 0 Å². The number of carbonyl (C=O) groups excluding carboxylic acids is 1. The summed E-state index contributed by atoms with van der Waals surface area (Å²) in [6, 6.07) is -0.694. The quantitative estimate of drug-likeness (QED) is 0.351. The fraction of sp³-hybridized carbons (Fsp3) is 0.500. The largest absolute Gasteiger partial charge is 0.383 e. The molecule has 3 unspecified atom stereocenters. The molecule has 8 nitrogen and oxygen atoms in total. The molecule has 0 bridgehead atoms. The van der Waals surface area contributed by atoms with Gasteiger partial charge in [-0.05, 0) is 56.8 Å². The molecule has 0 radical (unpaired) electrons. The van der Waals surface area contributed by atoms with E-state index in [4.69, 9.17) is 23.1 Å². The Morgan fingerprint density at radius 3 is 2.68 bits per heavy atom. The van der Waals surface area contributed by atoms with Crippen molar-refractivity contribution in [3.8, 4) is 0 Å². The van der Waals surface area contributed by atoms with Crippen LogP contribution < -0.4 is 32.7 Å². The number of allylic oxidation sites excluding steroid dienone is 7. The summed E-state index contributed by atoms with van der Waals surface area (Å²) < 4.78 is 0. The Bertz CT molecular complexity index is 917. The summed E-state index contributed by atoms with van der Waals surface area (Å²) in [6.45, 7) is 5.63. The molecule has 0 fully saturated rings. The zero-order valence-corrected chi connectivity index (χ0v) is 18.9. The van der Waals surface area contributed by atoms with Crippen molar-refractivity contribution in [2.45, 2.75) is 57.9 Å². The van der Waals surface area contributed by atoms with Gasteiger partial charge >= 0.3 is 0 Å². The number of halogens is 1. The van der Waals surface area contributed by atoms with Crippen molar-refractivity contribution in [2.24, 2.45) is 11.5 Å². The Morgan fingerprint density at radius 1 is 1.19 bits per heavy atom. The molecule has 2 aliphatic heterocycles. The minimum atomic E-state index is -0.694. The Kier molecular flexibility index (Phi) is 6.20. The van der Waals surface area contributed by atoms with E-state index >= 15 is 0 Å². The van der Waals surface area contributed by atoms with Crippen LogP contribution in [0.25, 0.3) is 0 Å². The van der Waals surface area contributed by atoms with Gasteiger partial charge in [0.2, 0.25) is 5.91 Å². The lowest BCUT2D eigenvalue weighted by Crippen LogP contribution is -2.64. The molecule has 3 atom stereocenters. The number of likely N-dealkylation sites (N-methyl/N-ethyl adjacent to an activating group) is 1. The second-order valence-electron chi connectivity index (χ2n) is 8.45. The Labute approximate surface area is 188 Å². The van der Waals surface area contributed by atoms with Crippen molar-refractivity contribution in [1.82, 2.24) is 26.2 Å². The zero-order valence-electron chi connectivity index (χ0n) is 18.1. The predicted octanol–water partition coefficient (Wildman–Crippen LogP) is 1.12. The number of nitrogens with zero attached hydrogens (tertiary/aromatic N) is 1. The van der Waals surface area contributed by atoms with Crippen LogP contribution in [0.4, 0.5) is 0 Å². The van der Waals surface area contributed by atoms with E-state index in [1.807, 2.05) is 0 Å². The summed E-state index contributed by atoms with van der Waals surface area (Å²) in [5.41, 5.74) is 18.5. The van der Waals surface area contributed by atoms with Crippen LogP contribution in [0, 0.1) is 0 Å². The van der Waals surface area contributed by atoms with Gasteiger partial charge in [0.05, 0.1) is 12.2 Å². The smallest absolute Gasteiger partial charge is 0.246 e. The second-order valence-corrected chi connectivity index (χ2v) is 8.83. The maximum Gasteiger partial charge on any atom is 0.246 e. The summed E-state index contributed by atoms with van der Waals surface area (Å²) in [5.74, 6) is 0.0187. The first-order valence-corrected chi connectivity index (χ1v) is 11.3. The molecule has 8 N–H and O–H groups in total. The van der Waals surface area contributed by atoms with Crippen molar-refractivity contribution < 1.29 is 4.79 Å². The molecule has 0 saturated carbocycles. The fourth-order valence-corrected chi connectivity index (χ4v) is 4.71. The van der Waals surface area contributed by atoms with Crippen LogP contribution in [0.3, 0.4) is 0 Å². The highest BCUT2D eigenvalue weighted by Gasteiger charge is 2.34. The lowest BCUT2D eigenvalue weighted by atomic mass is 9.88. The Hall–Kier alpha value is -2.58. The number of nitrogens with one attached hydrogen (secondary N) is 4. The van der Waals surface area contributed by atoms with Gasteiger partial charge in [-0.2, -0.15) is 0 Å². The molecule has 9 heteroatoms. The molecule has 4 rings (SSSR count). The number of hydrogen-bond acceptors (Lipinski definition) is 7. The summed E-state index contributed by atoms with van der Waals surface area (Å²) >= 11 is 6.02. The van der Waals surface area contributed by atoms with Gasteiger partial charge in [0, 0.05) is 12.2 Å². The molecule has 0 spiro atoms. The van der Waals surface area contributed by atoms with E-state index in [2.05, 4.69) is 58.2 Å². The molecule has 1 amide bonds. The van der Waals surface area contributed by atoms with Crippen molar-refractivity contribution in [1.29, 1.82) is 0 Å². The number of amides is 1. The molecule has 2 heterocycles. The van der Waals surface area contributed by atoms with E-state index in [0.29, 0.717) is 6.54 Å². The first kappa shape index (κ1) is 21.6. The highest BCUT2D eigenvalue weighted by Crippen LogP contribution is 2.36. The van der Waals surface area contributed by atoms with E-state index < -0.39 is 12.2 Å². The van der Waals surface area contributed by atoms with Gasteiger partial charge in [-0.1, -0.05) is 29.3 Å². The maximum atomic E-state index is 12.7. The normalized spacial score (nSPS) is 28.1. The number of nitrogens with two attached hydrogens (primary N) is 2. The first-order valence-electron chi connectivity index (χ1n) is 10.9.